The molecule has 0 aliphatic carbocycles. The fourth-order valence-electron chi connectivity index (χ4n) is 2.91. The Morgan fingerprint density at radius 2 is 1.88 bits per heavy atom. The molecule has 1 unspecified atom stereocenters. The fraction of sp³-hybridized carbons (Fsp3) is 0.190. The third-order valence-electron chi connectivity index (χ3n) is 4.54. The SMILES string of the molecule is CN[S+]([O-])c1cccc(NC(=O)c2c(Oc3ccc(F)nc3C)nc(C(F)(F)F)c(Cl)c2C)c1. The number of aromatic nitrogens is 2. The van der Waals surface area contributed by atoms with Crippen LogP contribution in [0.4, 0.5) is 23.2 Å². The van der Waals surface area contributed by atoms with Crippen LogP contribution in [0.3, 0.4) is 0 Å². The summed E-state index contributed by atoms with van der Waals surface area (Å²) >= 11 is 4.38. The number of rotatable bonds is 6. The molecule has 180 valence electrons. The summed E-state index contributed by atoms with van der Waals surface area (Å²) in [5.41, 5.74) is -1.82. The second-order valence-corrected chi connectivity index (χ2v) is 8.65. The van der Waals surface area contributed by atoms with E-state index < -0.39 is 46.0 Å². The first-order valence-electron chi connectivity index (χ1n) is 9.51. The minimum Gasteiger partial charge on any atom is -0.593 e. The van der Waals surface area contributed by atoms with Gasteiger partial charge in [-0.15, -0.1) is 4.72 Å². The Balaban J connectivity index is 2.09. The first kappa shape index (κ1) is 25.7. The minimum atomic E-state index is -4.93. The molecule has 2 aromatic heterocycles. The first-order chi connectivity index (χ1) is 15.9. The summed E-state index contributed by atoms with van der Waals surface area (Å²) in [6.45, 7) is 2.59. The van der Waals surface area contributed by atoms with Crippen molar-refractivity contribution in [2.45, 2.75) is 24.9 Å². The van der Waals surface area contributed by atoms with Crippen molar-refractivity contribution in [2.24, 2.45) is 0 Å². The Hall–Kier alpha value is -2.93. The molecule has 0 fully saturated rings. The zero-order valence-corrected chi connectivity index (χ0v) is 19.5. The van der Waals surface area contributed by atoms with Crippen LogP contribution in [0.1, 0.15) is 27.3 Å². The monoisotopic (exact) mass is 516 g/mol. The molecule has 2 heterocycles. The summed E-state index contributed by atoms with van der Waals surface area (Å²) in [4.78, 5) is 20.5. The maximum absolute atomic E-state index is 13.5. The number of nitrogens with one attached hydrogen (secondary N) is 2. The molecule has 0 saturated carbocycles. The van der Waals surface area contributed by atoms with Crippen LogP contribution in [-0.2, 0) is 17.5 Å². The molecule has 0 radical (unpaired) electrons. The van der Waals surface area contributed by atoms with Gasteiger partial charge in [0.25, 0.3) is 5.91 Å². The van der Waals surface area contributed by atoms with E-state index in [-0.39, 0.29) is 28.3 Å². The van der Waals surface area contributed by atoms with Gasteiger partial charge >= 0.3 is 6.18 Å². The second kappa shape index (κ2) is 10.1. The zero-order valence-electron chi connectivity index (χ0n) is 17.9. The summed E-state index contributed by atoms with van der Waals surface area (Å²) < 4.78 is 73.9. The van der Waals surface area contributed by atoms with Crippen LogP contribution in [0.5, 0.6) is 11.6 Å². The number of benzene rings is 1. The summed E-state index contributed by atoms with van der Waals surface area (Å²) in [7, 11) is 1.48. The summed E-state index contributed by atoms with van der Waals surface area (Å²) in [6.07, 6.45) is -4.93. The Bertz CT molecular complexity index is 1240. The summed E-state index contributed by atoms with van der Waals surface area (Å²) in [5.74, 6) is -2.50. The highest BCUT2D eigenvalue weighted by Crippen LogP contribution is 2.40. The average molecular weight is 517 g/mol. The van der Waals surface area contributed by atoms with Crippen molar-refractivity contribution in [1.82, 2.24) is 14.7 Å². The number of nitrogens with zero attached hydrogens (tertiary/aromatic N) is 2. The van der Waals surface area contributed by atoms with E-state index in [1.54, 1.807) is 6.07 Å². The van der Waals surface area contributed by atoms with Crippen LogP contribution in [0.25, 0.3) is 0 Å². The molecular formula is C21H17ClF4N4O3S. The molecule has 2 N–H and O–H groups in total. The van der Waals surface area contributed by atoms with Crippen molar-refractivity contribution >= 4 is 34.6 Å². The van der Waals surface area contributed by atoms with E-state index in [2.05, 4.69) is 20.0 Å². The summed E-state index contributed by atoms with van der Waals surface area (Å²) in [5, 5.41) is 1.74. The number of anilines is 1. The highest BCUT2D eigenvalue weighted by Gasteiger charge is 2.39. The molecule has 0 spiro atoms. The van der Waals surface area contributed by atoms with Gasteiger partial charge in [-0.05, 0) is 43.7 Å². The van der Waals surface area contributed by atoms with E-state index in [9.17, 15) is 26.9 Å². The highest BCUT2D eigenvalue weighted by molar-refractivity contribution is 7.89. The largest absolute Gasteiger partial charge is 0.593 e. The van der Waals surface area contributed by atoms with Crippen molar-refractivity contribution in [3.63, 3.8) is 0 Å². The van der Waals surface area contributed by atoms with Crippen LogP contribution < -0.4 is 14.8 Å². The lowest BCUT2D eigenvalue weighted by Gasteiger charge is -2.18. The molecule has 13 heteroatoms. The Morgan fingerprint density at radius 1 is 1.18 bits per heavy atom. The number of aryl methyl sites for hydroxylation is 1. The number of alkyl halides is 3. The molecule has 3 aromatic rings. The van der Waals surface area contributed by atoms with E-state index in [1.807, 2.05) is 0 Å². The highest BCUT2D eigenvalue weighted by atomic mass is 35.5. The van der Waals surface area contributed by atoms with Crippen LogP contribution in [0.15, 0.2) is 41.3 Å². The summed E-state index contributed by atoms with van der Waals surface area (Å²) in [6, 6.07) is 8.11. The normalized spacial score (nSPS) is 12.4. The molecule has 3 rings (SSSR count). The van der Waals surface area contributed by atoms with Crippen LogP contribution >= 0.6 is 11.6 Å². The molecule has 7 nitrogen and oxygen atoms in total. The molecule has 1 amide bonds. The van der Waals surface area contributed by atoms with Gasteiger partial charge in [0.2, 0.25) is 11.8 Å². The van der Waals surface area contributed by atoms with Gasteiger partial charge in [0.1, 0.15) is 5.56 Å². The number of hydrogen-bond donors (Lipinski definition) is 2. The number of amides is 1. The second-order valence-electron chi connectivity index (χ2n) is 6.85. The number of ether oxygens (including phenoxy) is 1. The molecule has 0 aliphatic rings. The number of carbonyl (C=O) groups is 1. The average Bonchev–Trinajstić information content (AvgIpc) is 2.76. The third kappa shape index (κ3) is 5.58. The Labute approximate surface area is 199 Å². The van der Waals surface area contributed by atoms with Gasteiger partial charge in [0.05, 0.1) is 22.1 Å². The molecule has 0 saturated heterocycles. The van der Waals surface area contributed by atoms with Crippen molar-refractivity contribution < 1.29 is 31.6 Å². The van der Waals surface area contributed by atoms with E-state index >= 15 is 0 Å². The lowest BCUT2D eigenvalue weighted by Crippen LogP contribution is -2.20. The number of carbonyl (C=O) groups excluding carboxylic acids is 1. The molecule has 1 aromatic carbocycles. The van der Waals surface area contributed by atoms with Crippen molar-refractivity contribution in [3.05, 3.63) is 69.9 Å². The maximum Gasteiger partial charge on any atom is 0.434 e. The van der Waals surface area contributed by atoms with Crippen molar-refractivity contribution in [2.75, 3.05) is 12.4 Å². The number of hydrogen-bond acceptors (Lipinski definition) is 6. The molecule has 0 aliphatic heterocycles. The van der Waals surface area contributed by atoms with E-state index in [4.69, 9.17) is 16.3 Å². The lowest BCUT2D eigenvalue weighted by molar-refractivity contribution is -0.141. The topological polar surface area (TPSA) is 99.2 Å². The van der Waals surface area contributed by atoms with Gasteiger partial charge in [0, 0.05) is 18.8 Å². The number of halogens is 5. The van der Waals surface area contributed by atoms with Gasteiger partial charge in [0.15, 0.2) is 16.3 Å². The van der Waals surface area contributed by atoms with Gasteiger partial charge in [-0.1, -0.05) is 17.7 Å². The van der Waals surface area contributed by atoms with Crippen LogP contribution in [0.2, 0.25) is 5.02 Å². The van der Waals surface area contributed by atoms with Crippen LogP contribution in [0, 0.1) is 19.8 Å². The minimum absolute atomic E-state index is 0.0246. The Kier molecular flexibility index (Phi) is 7.66. The van der Waals surface area contributed by atoms with E-state index in [0.29, 0.717) is 4.90 Å². The molecular weight excluding hydrogens is 500 g/mol. The molecule has 34 heavy (non-hydrogen) atoms. The van der Waals surface area contributed by atoms with Gasteiger partial charge < -0.3 is 14.6 Å². The molecule has 1 atom stereocenters. The predicted molar refractivity (Wildman–Crippen MR) is 118 cm³/mol. The number of pyridine rings is 2. The Morgan fingerprint density at radius 3 is 2.50 bits per heavy atom. The van der Waals surface area contributed by atoms with E-state index in [1.165, 1.54) is 39.1 Å². The zero-order chi connectivity index (χ0) is 25.2. The third-order valence-corrected chi connectivity index (χ3v) is 6.05. The molecule has 0 bridgehead atoms. The predicted octanol–water partition coefficient (Wildman–Crippen LogP) is 5.19. The lowest BCUT2D eigenvalue weighted by atomic mass is 10.1. The smallest absolute Gasteiger partial charge is 0.434 e. The van der Waals surface area contributed by atoms with Crippen molar-refractivity contribution in [1.29, 1.82) is 0 Å². The van der Waals surface area contributed by atoms with Crippen LogP contribution in [-0.4, -0.2) is 27.5 Å². The van der Waals surface area contributed by atoms with Gasteiger partial charge in [-0.3, -0.25) is 4.79 Å². The maximum atomic E-state index is 13.5. The fourth-order valence-corrected chi connectivity index (χ4v) is 3.83. The van der Waals surface area contributed by atoms with Crippen molar-refractivity contribution in [3.8, 4) is 11.6 Å². The standard InChI is InChI=1S/C21H17ClF4N4O3S/c1-10-16(19(31)29-12-5-4-6-13(9-12)34(32)27-3)20(30-18(17(10)22)21(24,25)26)33-14-7-8-15(23)28-11(14)2/h4-9,27H,1-3H3,(H,29,31). The van der Waals surface area contributed by atoms with Gasteiger partial charge in [-0.2, -0.15) is 17.6 Å². The van der Waals surface area contributed by atoms with E-state index in [0.717, 1.165) is 12.1 Å². The first-order valence-corrected chi connectivity index (χ1v) is 11.0. The quantitative estimate of drug-likeness (QED) is 0.266. The van der Waals surface area contributed by atoms with Gasteiger partial charge in [-0.25, -0.2) is 9.97 Å².